The fraction of sp³-hybridized carbons (Fsp3) is 0.435. The van der Waals surface area contributed by atoms with Gasteiger partial charge < -0.3 is 5.32 Å². The first-order chi connectivity index (χ1) is 12.4. The summed E-state index contributed by atoms with van der Waals surface area (Å²) in [7, 11) is 4.39. The Morgan fingerprint density at radius 2 is 1.73 bits per heavy atom. The van der Waals surface area contributed by atoms with Crippen molar-refractivity contribution in [3.8, 4) is 0 Å². The van der Waals surface area contributed by atoms with Crippen LogP contribution in [-0.2, 0) is 10.3 Å². The molecule has 0 aliphatic heterocycles. The molecule has 0 radical (unpaired) electrons. The Kier molecular flexibility index (Phi) is 5.47. The first-order valence-corrected chi connectivity index (χ1v) is 9.53. The molecule has 0 aromatic heterocycles. The third kappa shape index (κ3) is 3.68. The summed E-state index contributed by atoms with van der Waals surface area (Å²) in [5, 5.41) is 3.02. The van der Waals surface area contributed by atoms with Gasteiger partial charge in [-0.25, -0.2) is 0 Å². The van der Waals surface area contributed by atoms with Gasteiger partial charge in [0.1, 0.15) is 0 Å². The van der Waals surface area contributed by atoms with E-state index in [1.165, 1.54) is 16.7 Å². The smallest absolute Gasteiger partial charge is 0.221 e. The van der Waals surface area contributed by atoms with Crippen LogP contribution < -0.4 is 5.32 Å². The first kappa shape index (κ1) is 18.7. The SMILES string of the molecule is CC(=O)Nc1ccc(C)cc1C1CCC(c2ccccc2)(N(C)C)CC1. The van der Waals surface area contributed by atoms with Crippen LogP contribution in [0.25, 0.3) is 0 Å². The Morgan fingerprint density at radius 1 is 1.08 bits per heavy atom. The van der Waals surface area contributed by atoms with E-state index >= 15 is 0 Å². The average Bonchev–Trinajstić information content (AvgIpc) is 2.63. The minimum Gasteiger partial charge on any atom is -0.326 e. The maximum Gasteiger partial charge on any atom is 0.221 e. The van der Waals surface area contributed by atoms with Gasteiger partial charge >= 0.3 is 0 Å². The van der Waals surface area contributed by atoms with Gasteiger partial charge in [-0.1, -0.05) is 48.0 Å². The molecule has 138 valence electrons. The lowest BCUT2D eigenvalue weighted by Gasteiger charge is -2.46. The van der Waals surface area contributed by atoms with Gasteiger partial charge in [-0.15, -0.1) is 0 Å². The molecular formula is C23H30N2O. The number of carbonyl (C=O) groups is 1. The molecule has 26 heavy (non-hydrogen) atoms. The van der Waals surface area contributed by atoms with Gasteiger partial charge in [0.05, 0.1) is 0 Å². The zero-order valence-corrected chi connectivity index (χ0v) is 16.4. The second kappa shape index (κ2) is 7.63. The molecule has 2 aromatic carbocycles. The molecule has 1 aliphatic carbocycles. The lowest BCUT2D eigenvalue weighted by molar-refractivity contribution is -0.114. The van der Waals surface area contributed by atoms with Crippen molar-refractivity contribution in [2.24, 2.45) is 0 Å². The lowest BCUT2D eigenvalue weighted by Crippen LogP contribution is -2.44. The van der Waals surface area contributed by atoms with Crippen LogP contribution in [-0.4, -0.2) is 24.9 Å². The molecule has 1 aliphatic rings. The number of benzene rings is 2. The monoisotopic (exact) mass is 350 g/mol. The number of hydrogen-bond acceptors (Lipinski definition) is 2. The van der Waals surface area contributed by atoms with Gasteiger partial charge in [0.2, 0.25) is 5.91 Å². The van der Waals surface area contributed by atoms with Gasteiger partial charge in [0.25, 0.3) is 0 Å². The first-order valence-electron chi connectivity index (χ1n) is 9.53. The van der Waals surface area contributed by atoms with Crippen molar-refractivity contribution in [1.82, 2.24) is 4.90 Å². The second-order valence-electron chi connectivity index (χ2n) is 7.84. The number of carbonyl (C=O) groups excluding carboxylic acids is 1. The zero-order valence-electron chi connectivity index (χ0n) is 16.4. The van der Waals surface area contributed by atoms with Gasteiger partial charge in [-0.2, -0.15) is 0 Å². The Labute approximate surface area is 157 Å². The standard InChI is InChI=1S/C23H30N2O/c1-17-10-11-22(24-18(2)26)21(16-17)19-12-14-23(15-13-19,25(3)4)20-8-6-5-7-9-20/h5-11,16,19H,12-15H2,1-4H3,(H,24,26). The Bertz CT molecular complexity index is 759. The largest absolute Gasteiger partial charge is 0.326 e. The summed E-state index contributed by atoms with van der Waals surface area (Å²) in [6, 6.07) is 17.3. The number of amides is 1. The van der Waals surface area contributed by atoms with Crippen molar-refractivity contribution in [2.45, 2.75) is 51.0 Å². The highest BCUT2D eigenvalue weighted by atomic mass is 16.1. The summed E-state index contributed by atoms with van der Waals surface area (Å²) in [6.07, 6.45) is 4.51. The van der Waals surface area contributed by atoms with Crippen molar-refractivity contribution < 1.29 is 4.79 Å². The number of anilines is 1. The minimum atomic E-state index is -0.00200. The van der Waals surface area contributed by atoms with E-state index in [2.05, 4.69) is 79.8 Å². The van der Waals surface area contributed by atoms with E-state index in [1.807, 2.05) is 0 Å². The van der Waals surface area contributed by atoms with Gasteiger partial charge in [-0.05, 0) is 69.8 Å². The third-order valence-corrected chi connectivity index (χ3v) is 5.94. The van der Waals surface area contributed by atoms with E-state index in [1.54, 1.807) is 6.92 Å². The Balaban J connectivity index is 1.86. The molecule has 0 atom stereocenters. The Morgan fingerprint density at radius 3 is 2.31 bits per heavy atom. The fourth-order valence-electron chi connectivity index (χ4n) is 4.47. The van der Waals surface area contributed by atoms with E-state index < -0.39 is 0 Å². The van der Waals surface area contributed by atoms with Crippen LogP contribution in [0.2, 0.25) is 0 Å². The molecule has 0 bridgehead atoms. The molecule has 3 nitrogen and oxygen atoms in total. The molecular weight excluding hydrogens is 320 g/mol. The minimum absolute atomic E-state index is 0.00200. The topological polar surface area (TPSA) is 32.3 Å². The highest BCUT2D eigenvalue weighted by Gasteiger charge is 2.39. The highest BCUT2D eigenvalue weighted by Crippen LogP contribution is 2.47. The van der Waals surface area contributed by atoms with Crippen LogP contribution in [0.4, 0.5) is 5.69 Å². The summed E-state index contributed by atoms with van der Waals surface area (Å²) < 4.78 is 0. The molecule has 0 spiro atoms. The van der Waals surface area contributed by atoms with Gasteiger partial charge in [-0.3, -0.25) is 9.69 Å². The number of hydrogen-bond donors (Lipinski definition) is 1. The Hall–Kier alpha value is -2.13. The third-order valence-electron chi connectivity index (χ3n) is 5.94. The van der Waals surface area contributed by atoms with Crippen molar-refractivity contribution in [1.29, 1.82) is 0 Å². The van der Waals surface area contributed by atoms with Crippen molar-refractivity contribution in [2.75, 3.05) is 19.4 Å². The quantitative estimate of drug-likeness (QED) is 0.835. The molecule has 1 amide bonds. The molecule has 1 N–H and O–H groups in total. The predicted molar refractivity (Wildman–Crippen MR) is 108 cm³/mol. The van der Waals surface area contributed by atoms with E-state index in [-0.39, 0.29) is 11.4 Å². The summed E-state index contributed by atoms with van der Waals surface area (Å²) in [4.78, 5) is 14.0. The highest BCUT2D eigenvalue weighted by molar-refractivity contribution is 5.89. The van der Waals surface area contributed by atoms with E-state index in [0.29, 0.717) is 5.92 Å². The normalized spacial score (nSPS) is 23.0. The van der Waals surface area contributed by atoms with Crippen molar-refractivity contribution in [3.05, 3.63) is 65.2 Å². The maximum atomic E-state index is 11.6. The molecule has 0 unspecified atom stereocenters. The number of aryl methyl sites for hydroxylation is 1. The number of nitrogens with zero attached hydrogens (tertiary/aromatic N) is 1. The molecule has 1 saturated carbocycles. The van der Waals surface area contributed by atoms with Crippen LogP contribution in [0.5, 0.6) is 0 Å². The predicted octanol–water partition coefficient (Wildman–Crippen LogP) is 5.07. The molecule has 3 rings (SSSR count). The van der Waals surface area contributed by atoms with Gasteiger partial charge in [0, 0.05) is 18.2 Å². The fourth-order valence-corrected chi connectivity index (χ4v) is 4.47. The molecule has 0 saturated heterocycles. The molecule has 0 heterocycles. The number of nitrogens with one attached hydrogen (secondary N) is 1. The van der Waals surface area contributed by atoms with E-state index in [0.717, 1.165) is 31.4 Å². The van der Waals surface area contributed by atoms with E-state index in [4.69, 9.17) is 0 Å². The maximum absolute atomic E-state index is 11.6. The van der Waals surface area contributed by atoms with Crippen molar-refractivity contribution in [3.63, 3.8) is 0 Å². The van der Waals surface area contributed by atoms with Crippen LogP contribution >= 0.6 is 0 Å². The van der Waals surface area contributed by atoms with E-state index in [9.17, 15) is 4.79 Å². The second-order valence-corrected chi connectivity index (χ2v) is 7.84. The summed E-state index contributed by atoms with van der Waals surface area (Å²) in [5.41, 5.74) is 5.04. The average molecular weight is 351 g/mol. The summed E-state index contributed by atoms with van der Waals surface area (Å²) in [5.74, 6) is 0.492. The van der Waals surface area contributed by atoms with Crippen LogP contribution in [0.3, 0.4) is 0 Å². The molecule has 2 aromatic rings. The number of rotatable bonds is 4. The molecule has 1 fully saturated rings. The molecule has 3 heteroatoms. The zero-order chi connectivity index (χ0) is 18.7. The lowest BCUT2D eigenvalue weighted by atomic mass is 9.70. The van der Waals surface area contributed by atoms with Crippen LogP contribution in [0, 0.1) is 6.92 Å². The van der Waals surface area contributed by atoms with Crippen molar-refractivity contribution >= 4 is 11.6 Å². The summed E-state index contributed by atoms with van der Waals surface area (Å²) in [6.45, 7) is 3.70. The van der Waals surface area contributed by atoms with Crippen LogP contribution in [0.15, 0.2) is 48.5 Å². The van der Waals surface area contributed by atoms with Crippen LogP contribution in [0.1, 0.15) is 55.2 Å². The summed E-state index contributed by atoms with van der Waals surface area (Å²) >= 11 is 0. The van der Waals surface area contributed by atoms with Gasteiger partial charge in [0.15, 0.2) is 0 Å².